The summed E-state index contributed by atoms with van der Waals surface area (Å²) in [4.78, 5) is 13.0. The van der Waals surface area contributed by atoms with Gasteiger partial charge in [0.05, 0.1) is 10.6 Å². The lowest BCUT2D eigenvalue weighted by atomic mass is 10.1. The molecule has 0 saturated carbocycles. The summed E-state index contributed by atoms with van der Waals surface area (Å²) in [5.74, 6) is -0.295. The third-order valence-electron chi connectivity index (χ3n) is 5.26. The summed E-state index contributed by atoms with van der Waals surface area (Å²) in [5, 5.41) is 3.55. The first-order chi connectivity index (χ1) is 14.8. The van der Waals surface area contributed by atoms with Gasteiger partial charge in [-0.2, -0.15) is 0 Å². The number of sulfone groups is 1. The number of hydrogen-bond donors (Lipinski definition) is 1. The highest BCUT2D eigenvalue weighted by Gasteiger charge is 2.22. The molecule has 1 N–H and O–H groups in total. The minimum atomic E-state index is -3.58. The van der Waals surface area contributed by atoms with E-state index in [9.17, 15) is 13.2 Å². The average Bonchev–Trinajstić information content (AvgIpc) is 3.10. The molecule has 0 unspecified atom stereocenters. The molecule has 4 aromatic rings. The number of aromatic nitrogens is 1. The van der Waals surface area contributed by atoms with Crippen LogP contribution in [-0.4, -0.2) is 18.9 Å². The van der Waals surface area contributed by atoms with Crippen LogP contribution in [0.3, 0.4) is 0 Å². The fourth-order valence-electron chi connectivity index (χ4n) is 3.76. The van der Waals surface area contributed by atoms with E-state index in [1.807, 2.05) is 68.4 Å². The lowest BCUT2D eigenvalue weighted by Gasteiger charge is -2.10. The Morgan fingerprint density at radius 1 is 0.935 bits per heavy atom. The normalized spacial score (nSPS) is 11.5. The molecule has 1 heterocycles. The second-order valence-corrected chi connectivity index (χ2v) is 9.71. The average molecular weight is 433 g/mol. The smallest absolute Gasteiger partial charge is 0.244 e. The van der Waals surface area contributed by atoms with Crippen molar-refractivity contribution in [1.29, 1.82) is 0 Å². The van der Waals surface area contributed by atoms with Crippen molar-refractivity contribution in [1.82, 2.24) is 4.57 Å². The predicted molar refractivity (Wildman–Crippen MR) is 124 cm³/mol. The number of carbonyl (C=O) groups excluding carboxylic acids is 1. The van der Waals surface area contributed by atoms with Gasteiger partial charge in [-0.3, -0.25) is 4.79 Å². The first-order valence-corrected chi connectivity index (χ1v) is 11.7. The molecule has 31 heavy (non-hydrogen) atoms. The zero-order chi connectivity index (χ0) is 22.0. The zero-order valence-electron chi connectivity index (χ0n) is 17.5. The molecule has 0 radical (unpaired) electrons. The standard InChI is InChI=1S/C25H24N2O3S/c1-18-12-13-22(19(2)14-18)26-25(28)16-27-15-24(21-10-6-7-11-23(21)27)31(29,30)17-20-8-4-3-5-9-20/h3-15H,16-17H2,1-2H3,(H,26,28). The molecule has 1 aromatic heterocycles. The van der Waals surface area contributed by atoms with Crippen molar-refractivity contribution in [3.63, 3.8) is 0 Å². The molecule has 1 amide bonds. The quantitative estimate of drug-likeness (QED) is 0.473. The van der Waals surface area contributed by atoms with Gasteiger partial charge >= 0.3 is 0 Å². The van der Waals surface area contributed by atoms with Crippen molar-refractivity contribution >= 4 is 32.3 Å². The van der Waals surface area contributed by atoms with Crippen LogP contribution in [0.1, 0.15) is 16.7 Å². The Bertz CT molecular complexity index is 1360. The van der Waals surface area contributed by atoms with E-state index in [1.165, 1.54) is 0 Å². The van der Waals surface area contributed by atoms with Crippen LogP contribution in [0, 0.1) is 13.8 Å². The number of anilines is 1. The Kier molecular flexibility index (Phi) is 5.65. The van der Waals surface area contributed by atoms with Crippen molar-refractivity contribution < 1.29 is 13.2 Å². The second-order valence-electron chi connectivity index (χ2n) is 7.75. The maximum absolute atomic E-state index is 13.2. The number of benzene rings is 3. The largest absolute Gasteiger partial charge is 0.337 e. The molecular formula is C25H24N2O3S. The van der Waals surface area contributed by atoms with Gasteiger partial charge in [0, 0.05) is 22.8 Å². The van der Waals surface area contributed by atoms with Gasteiger partial charge in [0.2, 0.25) is 5.91 Å². The van der Waals surface area contributed by atoms with Crippen LogP contribution in [0.5, 0.6) is 0 Å². The van der Waals surface area contributed by atoms with Gasteiger partial charge in [-0.1, -0.05) is 66.2 Å². The Hall–Kier alpha value is -3.38. The number of rotatable bonds is 6. The van der Waals surface area contributed by atoms with Crippen LogP contribution in [0.15, 0.2) is 83.9 Å². The van der Waals surface area contributed by atoms with Crippen LogP contribution < -0.4 is 5.32 Å². The molecule has 0 atom stereocenters. The number of nitrogens with one attached hydrogen (secondary N) is 1. The number of fused-ring (bicyclic) bond motifs is 1. The number of nitrogens with zero attached hydrogens (tertiary/aromatic N) is 1. The molecule has 6 heteroatoms. The summed E-state index contributed by atoms with van der Waals surface area (Å²) in [6.07, 6.45) is 1.57. The molecule has 0 fully saturated rings. The molecule has 158 valence electrons. The highest BCUT2D eigenvalue weighted by Crippen LogP contribution is 2.28. The first kappa shape index (κ1) is 20.9. The molecule has 0 spiro atoms. The number of carbonyl (C=O) groups is 1. The summed E-state index contributed by atoms with van der Waals surface area (Å²) in [7, 11) is -3.58. The Balaban J connectivity index is 1.64. The van der Waals surface area contributed by atoms with Crippen LogP contribution in [0.4, 0.5) is 5.69 Å². The van der Waals surface area contributed by atoms with E-state index < -0.39 is 9.84 Å². The van der Waals surface area contributed by atoms with Gasteiger partial charge in [0.25, 0.3) is 0 Å². The van der Waals surface area contributed by atoms with Crippen LogP contribution >= 0.6 is 0 Å². The number of hydrogen-bond acceptors (Lipinski definition) is 3. The van der Waals surface area contributed by atoms with Crippen LogP contribution in [-0.2, 0) is 26.9 Å². The zero-order valence-corrected chi connectivity index (χ0v) is 18.3. The van der Waals surface area contributed by atoms with Gasteiger partial charge in [-0.15, -0.1) is 0 Å². The minimum Gasteiger partial charge on any atom is -0.337 e. The fraction of sp³-hybridized carbons (Fsp3) is 0.160. The van der Waals surface area contributed by atoms with Crippen LogP contribution in [0.2, 0.25) is 0 Å². The third kappa shape index (κ3) is 4.54. The molecule has 0 bridgehead atoms. The Morgan fingerprint density at radius 3 is 2.39 bits per heavy atom. The molecule has 0 aliphatic carbocycles. The second kappa shape index (κ2) is 8.40. The number of aryl methyl sites for hydroxylation is 2. The van der Waals surface area contributed by atoms with Crippen molar-refractivity contribution in [3.05, 3.63) is 95.7 Å². The van der Waals surface area contributed by atoms with E-state index in [0.29, 0.717) is 10.9 Å². The van der Waals surface area contributed by atoms with E-state index >= 15 is 0 Å². The lowest BCUT2D eigenvalue weighted by molar-refractivity contribution is -0.116. The minimum absolute atomic E-state index is 0.0225. The molecule has 5 nitrogen and oxygen atoms in total. The van der Waals surface area contributed by atoms with Gasteiger partial charge in [0.15, 0.2) is 9.84 Å². The first-order valence-electron chi connectivity index (χ1n) is 10.1. The molecule has 0 saturated heterocycles. The van der Waals surface area contributed by atoms with E-state index in [1.54, 1.807) is 29.0 Å². The van der Waals surface area contributed by atoms with E-state index in [-0.39, 0.29) is 23.1 Å². The summed E-state index contributed by atoms with van der Waals surface area (Å²) >= 11 is 0. The maximum Gasteiger partial charge on any atom is 0.244 e. The summed E-state index contributed by atoms with van der Waals surface area (Å²) < 4.78 is 28.0. The summed E-state index contributed by atoms with van der Waals surface area (Å²) in [6, 6.07) is 22.2. The molecule has 0 aliphatic heterocycles. The van der Waals surface area contributed by atoms with Crippen molar-refractivity contribution in [2.45, 2.75) is 31.0 Å². The van der Waals surface area contributed by atoms with Gasteiger partial charge in [-0.05, 0) is 37.1 Å². The SMILES string of the molecule is Cc1ccc(NC(=O)Cn2cc(S(=O)(=O)Cc3ccccc3)c3ccccc32)c(C)c1. The molecular weight excluding hydrogens is 408 g/mol. The van der Waals surface area contributed by atoms with Crippen molar-refractivity contribution in [2.24, 2.45) is 0 Å². The van der Waals surface area contributed by atoms with Crippen LogP contribution in [0.25, 0.3) is 10.9 Å². The Morgan fingerprint density at radius 2 is 1.65 bits per heavy atom. The molecule has 4 rings (SSSR count). The van der Waals surface area contributed by atoms with E-state index in [0.717, 1.165) is 22.4 Å². The van der Waals surface area contributed by atoms with E-state index in [2.05, 4.69) is 5.32 Å². The van der Waals surface area contributed by atoms with Gasteiger partial charge in [0.1, 0.15) is 6.54 Å². The van der Waals surface area contributed by atoms with Crippen molar-refractivity contribution in [3.8, 4) is 0 Å². The van der Waals surface area contributed by atoms with Crippen molar-refractivity contribution in [2.75, 3.05) is 5.32 Å². The monoisotopic (exact) mass is 432 g/mol. The Labute approximate surface area is 182 Å². The highest BCUT2D eigenvalue weighted by molar-refractivity contribution is 7.90. The van der Waals surface area contributed by atoms with Gasteiger partial charge in [-0.25, -0.2) is 8.42 Å². The maximum atomic E-state index is 13.2. The lowest BCUT2D eigenvalue weighted by Crippen LogP contribution is -2.18. The highest BCUT2D eigenvalue weighted by atomic mass is 32.2. The number of para-hydroxylation sites is 1. The summed E-state index contributed by atoms with van der Waals surface area (Å²) in [6.45, 7) is 3.97. The molecule has 0 aliphatic rings. The topological polar surface area (TPSA) is 68.2 Å². The predicted octanol–water partition coefficient (Wildman–Crippen LogP) is 4.87. The third-order valence-corrected chi connectivity index (χ3v) is 6.97. The fourth-order valence-corrected chi connectivity index (χ4v) is 5.34. The molecule has 3 aromatic carbocycles. The summed E-state index contributed by atoms with van der Waals surface area (Å²) in [5.41, 5.74) is 4.30. The van der Waals surface area contributed by atoms with E-state index in [4.69, 9.17) is 0 Å². The van der Waals surface area contributed by atoms with Gasteiger partial charge < -0.3 is 9.88 Å². The number of amides is 1.